The summed E-state index contributed by atoms with van der Waals surface area (Å²) in [6.07, 6.45) is 5.68. The van der Waals surface area contributed by atoms with Crippen LogP contribution in [0, 0.1) is 0 Å². The Labute approximate surface area is 118 Å². The second-order valence-corrected chi connectivity index (χ2v) is 4.85. The maximum atomic E-state index is 11.8. The van der Waals surface area contributed by atoms with E-state index in [1.54, 1.807) is 18.2 Å². The Morgan fingerprint density at radius 1 is 1.40 bits per heavy atom. The number of rotatable bonds is 3. The van der Waals surface area contributed by atoms with E-state index in [1.165, 1.54) is 6.08 Å². The van der Waals surface area contributed by atoms with Crippen molar-refractivity contribution < 1.29 is 9.59 Å². The Balaban J connectivity index is 1.93. The normalized spacial score (nSPS) is 19.4. The van der Waals surface area contributed by atoms with Gasteiger partial charge in [0.15, 0.2) is 0 Å². The van der Waals surface area contributed by atoms with E-state index in [0.29, 0.717) is 18.7 Å². The zero-order valence-corrected chi connectivity index (χ0v) is 11.3. The van der Waals surface area contributed by atoms with Crippen LogP contribution < -0.4 is 16.4 Å². The van der Waals surface area contributed by atoms with E-state index in [4.69, 9.17) is 5.73 Å². The Kier molecular flexibility index (Phi) is 4.76. The zero-order chi connectivity index (χ0) is 14.4. The van der Waals surface area contributed by atoms with Crippen molar-refractivity contribution >= 4 is 23.6 Å². The van der Waals surface area contributed by atoms with Gasteiger partial charge >= 0.3 is 0 Å². The predicted molar refractivity (Wildman–Crippen MR) is 78.7 cm³/mol. The Morgan fingerprint density at radius 2 is 2.25 bits per heavy atom. The Bertz CT molecular complexity index is 526. The molecule has 0 aliphatic carbocycles. The first-order valence-corrected chi connectivity index (χ1v) is 6.77. The van der Waals surface area contributed by atoms with Crippen molar-refractivity contribution in [3.8, 4) is 0 Å². The van der Waals surface area contributed by atoms with E-state index in [1.807, 2.05) is 12.1 Å². The molecular formula is C15H19N3O2. The molecule has 1 saturated heterocycles. The van der Waals surface area contributed by atoms with Crippen LogP contribution in [0.5, 0.6) is 0 Å². The summed E-state index contributed by atoms with van der Waals surface area (Å²) < 4.78 is 0. The summed E-state index contributed by atoms with van der Waals surface area (Å²) >= 11 is 0. The highest BCUT2D eigenvalue weighted by atomic mass is 16.2. The minimum Gasteiger partial charge on any atom is -0.399 e. The quantitative estimate of drug-likeness (QED) is 0.569. The lowest BCUT2D eigenvalue weighted by Gasteiger charge is -2.13. The number of anilines is 1. The number of hydrogen-bond donors (Lipinski definition) is 3. The van der Waals surface area contributed by atoms with Crippen LogP contribution in [-0.4, -0.2) is 24.4 Å². The van der Waals surface area contributed by atoms with Crippen LogP contribution in [0.1, 0.15) is 24.8 Å². The van der Waals surface area contributed by atoms with Gasteiger partial charge in [0.25, 0.3) is 0 Å². The molecule has 1 fully saturated rings. The van der Waals surface area contributed by atoms with Crippen molar-refractivity contribution in [3.63, 3.8) is 0 Å². The SMILES string of the molecule is Nc1cccc(/C=C/C(=O)NC2CCCCNC2=O)c1. The molecule has 2 amide bonds. The molecule has 0 bridgehead atoms. The molecule has 1 aromatic carbocycles. The molecule has 0 spiro atoms. The summed E-state index contributed by atoms with van der Waals surface area (Å²) in [5.41, 5.74) is 7.16. The summed E-state index contributed by atoms with van der Waals surface area (Å²) in [7, 11) is 0. The molecule has 5 heteroatoms. The fraction of sp³-hybridized carbons (Fsp3) is 0.333. The van der Waals surface area contributed by atoms with E-state index in [0.717, 1.165) is 18.4 Å². The molecule has 1 aromatic rings. The highest BCUT2D eigenvalue weighted by Gasteiger charge is 2.21. The minimum absolute atomic E-state index is 0.104. The lowest BCUT2D eigenvalue weighted by atomic mass is 10.1. The third kappa shape index (κ3) is 4.12. The maximum absolute atomic E-state index is 11.8. The Morgan fingerprint density at radius 3 is 3.05 bits per heavy atom. The van der Waals surface area contributed by atoms with Gasteiger partial charge in [-0.3, -0.25) is 9.59 Å². The number of amides is 2. The van der Waals surface area contributed by atoms with Gasteiger partial charge in [-0.05, 0) is 43.0 Å². The highest BCUT2D eigenvalue weighted by Crippen LogP contribution is 2.08. The van der Waals surface area contributed by atoms with Gasteiger partial charge in [0.05, 0.1) is 0 Å². The number of carbonyl (C=O) groups excluding carboxylic acids is 2. The number of nitrogens with one attached hydrogen (secondary N) is 2. The standard InChI is InChI=1S/C15H19N3O2/c16-12-5-3-4-11(10-12)7-8-14(19)18-13-6-1-2-9-17-15(13)20/h3-5,7-8,10,13H,1-2,6,9,16H2,(H,17,20)(H,18,19)/b8-7+. The highest BCUT2D eigenvalue weighted by molar-refractivity contribution is 5.95. The molecule has 1 heterocycles. The van der Waals surface area contributed by atoms with Gasteiger partial charge in [0.1, 0.15) is 6.04 Å². The molecule has 2 rings (SSSR count). The molecule has 1 unspecified atom stereocenters. The summed E-state index contributed by atoms with van der Waals surface area (Å²) in [5, 5.41) is 5.51. The monoisotopic (exact) mass is 273 g/mol. The van der Waals surface area contributed by atoms with Crippen LogP contribution in [0.3, 0.4) is 0 Å². The van der Waals surface area contributed by atoms with Crippen molar-refractivity contribution in [2.75, 3.05) is 12.3 Å². The zero-order valence-electron chi connectivity index (χ0n) is 11.3. The third-order valence-electron chi connectivity index (χ3n) is 3.19. The molecule has 0 saturated carbocycles. The molecule has 1 atom stereocenters. The van der Waals surface area contributed by atoms with Crippen molar-refractivity contribution in [1.29, 1.82) is 0 Å². The van der Waals surface area contributed by atoms with Gasteiger partial charge < -0.3 is 16.4 Å². The third-order valence-corrected chi connectivity index (χ3v) is 3.19. The van der Waals surface area contributed by atoms with Crippen molar-refractivity contribution in [3.05, 3.63) is 35.9 Å². The van der Waals surface area contributed by atoms with Crippen LogP contribution in [0.25, 0.3) is 6.08 Å². The summed E-state index contributed by atoms with van der Waals surface area (Å²) in [5.74, 6) is -0.373. The van der Waals surface area contributed by atoms with Crippen LogP contribution in [-0.2, 0) is 9.59 Å². The van der Waals surface area contributed by atoms with Gasteiger partial charge in [-0.1, -0.05) is 12.1 Å². The molecule has 1 aliphatic rings. The first-order chi connectivity index (χ1) is 9.65. The molecule has 0 aromatic heterocycles. The largest absolute Gasteiger partial charge is 0.399 e. The van der Waals surface area contributed by atoms with Gasteiger partial charge in [0, 0.05) is 18.3 Å². The second-order valence-electron chi connectivity index (χ2n) is 4.85. The molecule has 0 radical (unpaired) electrons. The average molecular weight is 273 g/mol. The lowest BCUT2D eigenvalue weighted by molar-refractivity contribution is -0.126. The van der Waals surface area contributed by atoms with Crippen molar-refractivity contribution in [2.45, 2.75) is 25.3 Å². The summed E-state index contributed by atoms with van der Waals surface area (Å²) in [6.45, 7) is 0.685. The van der Waals surface area contributed by atoms with E-state index < -0.39 is 6.04 Å². The molecule has 20 heavy (non-hydrogen) atoms. The predicted octanol–water partition coefficient (Wildman–Crippen LogP) is 1.07. The maximum Gasteiger partial charge on any atom is 0.244 e. The molecule has 1 aliphatic heterocycles. The molecule has 5 nitrogen and oxygen atoms in total. The van der Waals surface area contributed by atoms with Crippen LogP contribution in [0.15, 0.2) is 30.3 Å². The number of benzene rings is 1. The minimum atomic E-state index is -0.435. The van der Waals surface area contributed by atoms with Gasteiger partial charge in [-0.25, -0.2) is 0 Å². The fourth-order valence-corrected chi connectivity index (χ4v) is 2.13. The molecule has 106 valence electrons. The number of nitrogens with two attached hydrogens (primary N) is 1. The molecule has 4 N–H and O–H groups in total. The van der Waals surface area contributed by atoms with Crippen LogP contribution >= 0.6 is 0 Å². The number of nitrogen functional groups attached to an aromatic ring is 1. The first kappa shape index (κ1) is 14.1. The van der Waals surface area contributed by atoms with Crippen molar-refractivity contribution in [1.82, 2.24) is 10.6 Å². The van der Waals surface area contributed by atoms with Crippen molar-refractivity contribution in [2.24, 2.45) is 0 Å². The fourth-order valence-electron chi connectivity index (χ4n) is 2.13. The van der Waals surface area contributed by atoms with E-state index >= 15 is 0 Å². The lowest BCUT2D eigenvalue weighted by Crippen LogP contribution is -2.44. The van der Waals surface area contributed by atoms with Crippen LogP contribution in [0.2, 0.25) is 0 Å². The summed E-state index contributed by atoms with van der Waals surface area (Å²) in [6, 6.07) is 6.81. The van der Waals surface area contributed by atoms with Gasteiger partial charge in [-0.15, -0.1) is 0 Å². The average Bonchev–Trinajstić information content (AvgIpc) is 2.62. The smallest absolute Gasteiger partial charge is 0.244 e. The first-order valence-electron chi connectivity index (χ1n) is 6.77. The van der Waals surface area contributed by atoms with Gasteiger partial charge in [-0.2, -0.15) is 0 Å². The van der Waals surface area contributed by atoms with Gasteiger partial charge in [0.2, 0.25) is 11.8 Å². The summed E-state index contributed by atoms with van der Waals surface area (Å²) in [4.78, 5) is 23.5. The van der Waals surface area contributed by atoms with Crippen LogP contribution in [0.4, 0.5) is 5.69 Å². The molecular weight excluding hydrogens is 254 g/mol. The topological polar surface area (TPSA) is 84.2 Å². The second kappa shape index (κ2) is 6.75. The number of hydrogen-bond acceptors (Lipinski definition) is 3. The number of carbonyl (C=O) groups is 2. The van der Waals surface area contributed by atoms with E-state index in [9.17, 15) is 9.59 Å². The van der Waals surface area contributed by atoms with E-state index in [2.05, 4.69) is 10.6 Å². The Hall–Kier alpha value is -2.30. The van der Waals surface area contributed by atoms with E-state index in [-0.39, 0.29) is 11.8 Å².